The van der Waals surface area contributed by atoms with E-state index in [9.17, 15) is 0 Å². The molecule has 1 aromatic carbocycles. The van der Waals surface area contributed by atoms with E-state index in [1.54, 1.807) is 7.11 Å². The second-order valence-corrected chi connectivity index (χ2v) is 6.33. The molecule has 0 radical (unpaired) electrons. The van der Waals surface area contributed by atoms with Crippen molar-refractivity contribution in [2.75, 3.05) is 39.9 Å². The fourth-order valence-electron chi connectivity index (χ4n) is 3.00. The van der Waals surface area contributed by atoms with E-state index in [1.165, 1.54) is 11.1 Å². The Balaban J connectivity index is 0.00000312. The van der Waals surface area contributed by atoms with Gasteiger partial charge < -0.3 is 15.4 Å². The van der Waals surface area contributed by atoms with Crippen LogP contribution < -0.4 is 10.6 Å². The van der Waals surface area contributed by atoms with Crippen molar-refractivity contribution < 1.29 is 4.74 Å². The van der Waals surface area contributed by atoms with Gasteiger partial charge in [0.15, 0.2) is 5.96 Å². The summed E-state index contributed by atoms with van der Waals surface area (Å²) in [6.45, 7) is 9.85. The van der Waals surface area contributed by atoms with Crippen LogP contribution in [-0.2, 0) is 17.7 Å². The quantitative estimate of drug-likeness (QED) is 0.271. The summed E-state index contributed by atoms with van der Waals surface area (Å²) in [6, 6.07) is 9.22. The van der Waals surface area contributed by atoms with Crippen molar-refractivity contribution in [3.63, 3.8) is 0 Å². The summed E-state index contributed by atoms with van der Waals surface area (Å²) < 4.78 is 5.08. The number of methoxy groups -OCH3 is 1. The smallest absolute Gasteiger partial charge is 0.191 e. The molecule has 5 nitrogen and oxygen atoms in total. The molecule has 142 valence electrons. The number of nitrogens with zero attached hydrogens (tertiary/aromatic N) is 2. The molecular weight excluding hydrogens is 427 g/mol. The van der Waals surface area contributed by atoms with Gasteiger partial charge in [-0.05, 0) is 37.8 Å². The van der Waals surface area contributed by atoms with Crippen molar-refractivity contribution in [2.24, 2.45) is 4.99 Å². The molecule has 0 fully saturated rings. The summed E-state index contributed by atoms with van der Waals surface area (Å²) in [7, 11) is 1.73. The van der Waals surface area contributed by atoms with Crippen LogP contribution in [0, 0.1) is 0 Å². The number of rotatable bonds is 8. The van der Waals surface area contributed by atoms with Gasteiger partial charge in [0.2, 0.25) is 0 Å². The Morgan fingerprint density at radius 3 is 2.76 bits per heavy atom. The average Bonchev–Trinajstić information content (AvgIpc) is 2.62. The lowest BCUT2D eigenvalue weighted by atomic mass is 9.99. The molecule has 0 saturated heterocycles. The first kappa shape index (κ1) is 22.2. The first-order chi connectivity index (χ1) is 11.7. The molecule has 1 aliphatic rings. The van der Waals surface area contributed by atoms with Crippen molar-refractivity contribution in [2.45, 2.75) is 39.3 Å². The molecule has 0 aliphatic carbocycles. The third-order valence-electron chi connectivity index (χ3n) is 4.46. The zero-order valence-corrected chi connectivity index (χ0v) is 18.1. The zero-order chi connectivity index (χ0) is 17.2. The molecule has 6 heteroatoms. The molecule has 0 amide bonds. The average molecular weight is 460 g/mol. The van der Waals surface area contributed by atoms with Crippen molar-refractivity contribution in [3.05, 3.63) is 35.4 Å². The van der Waals surface area contributed by atoms with Crippen LogP contribution in [-0.4, -0.2) is 56.8 Å². The van der Waals surface area contributed by atoms with E-state index in [1.807, 2.05) is 0 Å². The lowest BCUT2D eigenvalue weighted by molar-refractivity contribution is 0.194. The molecule has 0 saturated carbocycles. The molecule has 0 aromatic heterocycles. The van der Waals surface area contributed by atoms with Gasteiger partial charge in [0, 0.05) is 45.9 Å². The Labute approximate surface area is 169 Å². The van der Waals surface area contributed by atoms with Crippen LogP contribution in [0.15, 0.2) is 29.3 Å². The SMILES string of the molecule is CCNC(=NCC(C)N1CCc2ccccc2C1)NCCCOC.I. The first-order valence-corrected chi connectivity index (χ1v) is 9.06. The van der Waals surface area contributed by atoms with Gasteiger partial charge in [0.25, 0.3) is 0 Å². The predicted octanol–water partition coefficient (Wildman–Crippen LogP) is 2.64. The number of hydrogen-bond acceptors (Lipinski definition) is 3. The highest BCUT2D eigenvalue weighted by Gasteiger charge is 2.20. The van der Waals surface area contributed by atoms with Gasteiger partial charge in [-0.15, -0.1) is 24.0 Å². The van der Waals surface area contributed by atoms with Crippen LogP contribution >= 0.6 is 24.0 Å². The van der Waals surface area contributed by atoms with Gasteiger partial charge in [-0.25, -0.2) is 0 Å². The molecule has 0 bridgehead atoms. The lowest BCUT2D eigenvalue weighted by Crippen LogP contribution is -2.42. The van der Waals surface area contributed by atoms with E-state index in [0.29, 0.717) is 6.04 Å². The van der Waals surface area contributed by atoms with Crippen molar-refractivity contribution in [3.8, 4) is 0 Å². The van der Waals surface area contributed by atoms with E-state index in [0.717, 1.165) is 58.1 Å². The standard InChI is InChI=1S/C19H32N4O.HI/c1-4-20-19(21-11-7-13-24-3)22-14-16(2)23-12-10-17-8-5-6-9-18(17)15-23;/h5-6,8-9,16H,4,7,10-15H2,1-3H3,(H2,20,21,22);1H. The molecule has 25 heavy (non-hydrogen) atoms. The van der Waals surface area contributed by atoms with E-state index in [4.69, 9.17) is 9.73 Å². The van der Waals surface area contributed by atoms with Gasteiger partial charge in [-0.1, -0.05) is 24.3 Å². The lowest BCUT2D eigenvalue weighted by Gasteiger charge is -2.33. The van der Waals surface area contributed by atoms with E-state index in [-0.39, 0.29) is 24.0 Å². The normalized spacial score (nSPS) is 15.9. The molecule has 2 N–H and O–H groups in total. The van der Waals surface area contributed by atoms with Crippen LogP contribution in [0.1, 0.15) is 31.4 Å². The molecule has 0 spiro atoms. The van der Waals surface area contributed by atoms with Crippen molar-refractivity contribution in [1.29, 1.82) is 0 Å². The van der Waals surface area contributed by atoms with Crippen LogP contribution in [0.4, 0.5) is 0 Å². The highest BCUT2D eigenvalue weighted by Crippen LogP contribution is 2.20. The maximum Gasteiger partial charge on any atom is 0.191 e. The van der Waals surface area contributed by atoms with E-state index in [2.05, 4.69) is 53.6 Å². The Hall–Kier alpha value is -0.860. The summed E-state index contributed by atoms with van der Waals surface area (Å²) in [5.74, 6) is 0.901. The van der Waals surface area contributed by atoms with Crippen LogP contribution in [0.25, 0.3) is 0 Å². The first-order valence-electron chi connectivity index (χ1n) is 9.06. The van der Waals surface area contributed by atoms with Crippen molar-refractivity contribution >= 4 is 29.9 Å². The number of ether oxygens (including phenoxy) is 1. The number of fused-ring (bicyclic) bond motifs is 1. The molecule has 1 heterocycles. The highest BCUT2D eigenvalue weighted by atomic mass is 127. The number of guanidine groups is 1. The van der Waals surface area contributed by atoms with Crippen LogP contribution in [0.3, 0.4) is 0 Å². The number of benzene rings is 1. The maximum absolute atomic E-state index is 5.08. The monoisotopic (exact) mass is 460 g/mol. The number of nitrogens with one attached hydrogen (secondary N) is 2. The second-order valence-electron chi connectivity index (χ2n) is 6.33. The zero-order valence-electron chi connectivity index (χ0n) is 15.8. The molecule has 1 atom stereocenters. The number of hydrogen-bond donors (Lipinski definition) is 2. The Morgan fingerprint density at radius 2 is 2.04 bits per heavy atom. The van der Waals surface area contributed by atoms with Gasteiger partial charge in [-0.3, -0.25) is 9.89 Å². The van der Waals surface area contributed by atoms with Crippen LogP contribution in [0.5, 0.6) is 0 Å². The van der Waals surface area contributed by atoms with Gasteiger partial charge in [0.1, 0.15) is 0 Å². The number of halogens is 1. The molecule has 1 aromatic rings. The van der Waals surface area contributed by atoms with Gasteiger partial charge in [0.05, 0.1) is 6.54 Å². The third kappa shape index (κ3) is 7.50. The summed E-state index contributed by atoms with van der Waals surface area (Å²) in [4.78, 5) is 7.28. The minimum atomic E-state index is 0. The fourth-order valence-corrected chi connectivity index (χ4v) is 3.00. The van der Waals surface area contributed by atoms with E-state index >= 15 is 0 Å². The summed E-state index contributed by atoms with van der Waals surface area (Å²) in [5.41, 5.74) is 2.96. The number of aliphatic imine (C=N–C) groups is 1. The summed E-state index contributed by atoms with van der Waals surface area (Å²) in [5, 5.41) is 6.68. The van der Waals surface area contributed by atoms with Gasteiger partial charge in [-0.2, -0.15) is 0 Å². The largest absolute Gasteiger partial charge is 0.385 e. The minimum absolute atomic E-state index is 0. The summed E-state index contributed by atoms with van der Waals surface area (Å²) >= 11 is 0. The van der Waals surface area contributed by atoms with Crippen LogP contribution in [0.2, 0.25) is 0 Å². The molecular formula is C19H33IN4O. The Kier molecular flexibility index (Phi) is 11.1. The Morgan fingerprint density at radius 1 is 1.28 bits per heavy atom. The summed E-state index contributed by atoms with van der Waals surface area (Å²) in [6.07, 6.45) is 2.12. The minimum Gasteiger partial charge on any atom is -0.385 e. The molecule has 1 unspecified atom stereocenters. The van der Waals surface area contributed by atoms with E-state index < -0.39 is 0 Å². The van der Waals surface area contributed by atoms with Gasteiger partial charge >= 0.3 is 0 Å². The molecule has 2 rings (SSSR count). The second kappa shape index (κ2) is 12.5. The van der Waals surface area contributed by atoms with Crippen molar-refractivity contribution in [1.82, 2.24) is 15.5 Å². The highest BCUT2D eigenvalue weighted by molar-refractivity contribution is 14.0. The maximum atomic E-state index is 5.08. The fraction of sp³-hybridized carbons (Fsp3) is 0.632. The molecule has 1 aliphatic heterocycles. The predicted molar refractivity (Wildman–Crippen MR) is 116 cm³/mol. The Bertz CT molecular complexity index is 524. The third-order valence-corrected chi connectivity index (χ3v) is 4.46. The topological polar surface area (TPSA) is 48.9 Å².